The van der Waals surface area contributed by atoms with Gasteiger partial charge in [-0.05, 0) is 6.08 Å². The van der Waals surface area contributed by atoms with Crippen molar-refractivity contribution in [2.75, 3.05) is 0 Å². The zero-order valence-electron chi connectivity index (χ0n) is 13.5. The minimum Gasteiger partial charge on any atom is -0.478 e. The number of hydrogen-bond acceptors (Lipinski definition) is 4. The minimum atomic E-state index is -0.981. The largest absolute Gasteiger partial charge is 0.478 e. The summed E-state index contributed by atoms with van der Waals surface area (Å²) >= 11 is 0. The van der Waals surface area contributed by atoms with Crippen molar-refractivity contribution in [3.63, 3.8) is 0 Å². The van der Waals surface area contributed by atoms with Crippen LogP contribution in [0.3, 0.4) is 0 Å². The second-order valence-electron chi connectivity index (χ2n) is 2.23. The van der Waals surface area contributed by atoms with Gasteiger partial charge < -0.3 is 21.1 Å². The summed E-state index contributed by atoms with van der Waals surface area (Å²) < 4.78 is 0. The van der Waals surface area contributed by atoms with E-state index in [1.54, 1.807) is 0 Å². The Bertz CT molecular complexity index is 327. The molecule has 0 unspecified atom stereocenters. The normalized spacial score (nSPS) is 5.67. The SMILES string of the molecule is C=C.C=C.C=CC(=O)O.C=CC(=O)O.C=CC(=O)O.C=CC(N)=O. The van der Waals surface area contributed by atoms with Gasteiger partial charge in [0.1, 0.15) is 0 Å². The van der Waals surface area contributed by atoms with Crippen molar-refractivity contribution in [2.24, 2.45) is 5.73 Å². The van der Waals surface area contributed by atoms with Gasteiger partial charge in [-0.2, -0.15) is 0 Å². The Labute approximate surface area is 141 Å². The predicted octanol–water partition coefficient (Wildman–Crippen LogP) is 2.03. The molecule has 24 heavy (non-hydrogen) atoms. The van der Waals surface area contributed by atoms with E-state index in [2.05, 4.69) is 58.4 Å². The van der Waals surface area contributed by atoms with Crippen LogP contribution in [0.15, 0.2) is 76.9 Å². The molecule has 0 aromatic carbocycles. The fourth-order valence-corrected chi connectivity index (χ4v) is 0. The number of primary amides is 1. The van der Waals surface area contributed by atoms with Crippen LogP contribution in [0.25, 0.3) is 0 Å². The fourth-order valence-electron chi connectivity index (χ4n) is 0. The van der Waals surface area contributed by atoms with Crippen molar-refractivity contribution in [1.29, 1.82) is 0 Å². The highest BCUT2D eigenvalue weighted by molar-refractivity contribution is 5.85. The third-order valence-electron chi connectivity index (χ3n) is 0.725. The molecule has 8 heteroatoms. The highest BCUT2D eigenvalue weighted by Crippen LogP contribution is 1.55. The lowest BCUT2D eigenvalue weighted by molar-refractivity contribution is -0.132. The Balaban J connectivity index is -0.0000000420. The highest BCUT2D eigenvalue weighted by atomic mass is 16.4. The maximum Gasteiger partial charge on any atom is 0.327 e. The Morgan fingerprint density at radius 1 is 0.583 bits per heavy atom. The first kappa shape index (κ1) is 37.0. The molecule has 136 valence electrons. The molecule has 0 aliphatic heterocycles. The zero-order chi connectivity index (χ0) is 21.1. The molecule has 0 bridgehead atoms. The summed E-state index contributed by atoms with van der Waals surface area (Å²) in [5.74, 6) is -3.43. The summed E-state index contributed by atoms with van der Waals surface area (Å²) in [5.41, 5.74) is 4.53. The summed E-state index contributed by atoms with van der Waals surface area (Å²) in [6, 6.07) is 0. The Morgan fingerprint density at radius 2 is 0.667 bits per heavy atom. The molecular formula is C16H25NO7. The van der Waals surface area contributed by atoms with E-state index in [0.29, 0.717) is 0 Å². The lowest BCUT2D eigenvalue weighted by Crippen LogP contribution is -2.04. The Hall–Kier alpha value is -3.68. The topological polar surface area (TPSA) is 155 Å². The van der Waals surface area contributed by atoms with E-state index in [0.717, 1.165) is 24.3 Å². The van der Waals surface area contributed by atoms with E-state index in [1.165, 1.54) is 0 Å². The molecule has 0 aliphatic carbocycles. The molecule has 0 saturated heterocycles. The van der Waals surface area contributed by atoms with Crippen molar-refractivity contribution in [3.05, 3.63) is 76.9 Å². The molecule has 0 heterocycles. The van der Waals surface area contributed by atoms with Crippen molar-refractivity contribution in [3.8, 4) is 0 Å². The van der Waals surface area contributed by atoms with Gasteiger partial charge in [-0.3, -0.25) is 4.79 Å². The van der Waals surface area contributed by atoms with Crippen molar-refractivity contribution < 1.29 is 34.5 Å². The van der Waals surface area contributed by atoms with E-state index < -0.39 is 23.8 Å². The molecule has 0 radical (unpaired) electrons. The van der Waals surface area contributed by atoms with Crippen LogP contribution in [0.1, 0.15) is 0 Å². The Kier molecular flexibility index (Phi) is 65.8. The van der Waals surface area contributed by atoms with Crippen molar-refractivity contribution >= 4 is 23.8 Å². The van der Waals surface area contributed by atoms with E-state index in [4.69, 9.17) is 15.3 Å². The summed E-state index contributed by atoms with van der Waals surface area (Å²) in [4.78, 5) is 37.2. The van der Waals surface area contributed by atoms with Gasteiger partial charge >= 0.3 is 17.9 Å². The van der Waals surface area contributed by atoms with Crippen LogP contribution in [-0.2, 0) is 19.2 Å². The first-order chi connectivity index (χ1) is 11.1. The van der Waals surface area contributed by atoms with Crippen LogP contribution in [-0.4, -0.2) is 39.1 Å². The second kappa shape index (κ2) is 42.7. The highest BCUT2D eigenvalue weighted by Gasteiger charge is 1.74. The van der Waals surface area contributed by atoms with E-state index in [9.17, 15) is 19.2 Å². The van der Waals surface area contributed by atoms with Gasteiger partial charge in [0.15, 0.2) is 0 Å². The average Bonchev–Trinajstić information content (AvgIpc) is 2.59. The van der Waals surface area contributed by atoms with E-state index in [1.807, 2.05) is 0 Å². The average molecular weight is 343 g/mol. The number of nitrogens with two attached hydrogens (primary N) is 1. The minimum absolute atomic E-state index is 0.481. The van der Waals surface area contributed by atoms with Gasteiger partial charge in [-0.1, -0.05) is 26.3 Å². The number of carbonyl (C=O) groups excluding carboxylic acids is 1. The molecule has 0 rings (SSSR count). The molecule has 0 aromatic rings. The van der Waals surface area contributed by atoms with Gasteiger partial charge in [0.2, 0.25) is 5.91 Å². The molecule has 0 atom stereocenters. The number of carbonyl (C=O) groups is 4. The lowest BCUT2D eigenvalue weighted by atomic mass is 10.6. The maximum atomic E-state index is 9.47. The van der Waals surface area contributed by atoms with Crippen LogP contribution >= 0.6 is 0 Å². The van der Waals surface area contributed by atoms with E-state index in [-0.39, 0.29) is 0 Å². The zero-order valence-corrected chi connectivity index (χ0v) is 13.5. The Morgan fingerprint density at radius 3 is 0.667 bits per heavy atom. The summed E-state index contributed by atoms with van der Waals surface area (Å²) in [5, 5.41) is 22.8. The van der Waals surface area contributed by atoms with Gasteiger partial charge in [-0.15, -0.1) is 26.3 Å². The monoisotopic (exact) mass is 343 g/mol. The second-order valence-corrected chi connectivity index (χ2v) is 2.23. The first-order valence-electron chi connectivity index (χ1n) is 5.56. The number of rotatable bonds is 4. The summed E-state index contributed by atoms with van der Waals surface area (Å²) in [7, 11) is 0. The van der Waals surface area contributed by atoms with Crippen LogP contribution in [0.2, 0.25) is 0 Å². The number of amides is 1. The third-order valence-corrected chi connectivity index (χ3v) is 0.725. The van der Waals surface area contributed by atoms with Crippen molar-refractivity contribution in [2.45, 2.75) is 0 Å². The molecular weight excluding hydrogens is 318 g/mol. The summed E-state index contributed by atoms with van der Waals surface area (Å²) in [6.07, 6.45) is 3.56. The molecule has 1 amide bonds. The molecule has 0 aromatic heterocycles. The van der Waals surface area contributed by atoms with Gasteiger partial charge in [0.05, 0.1) is 0 Å². The predicted molar refractivity (Wildman–Crippen MR) is 95.4 cm³/mol. The van der Waals surface area contributed by atoms with E-state index >= 15 is 0 Å². The maximum absolute atomic E-state index is 9.47. The molecule has 0 fully saturated rings. The fraction of sp³-hybridized carbons (Fsp3) is 0. The van der Waals surface area contributed by atoms with Gasteiger partial charge in [-0.25, -0.2) is 14.4 Å². The van der Waals surface area contributed by atoms with Crippen LogP contribution in [0.4, 0.5) is 0 Å². The lowest BCUT2D eigenvalue weighted by Gasteiger charge is -1.65. The molecule has 0 spiro atoms. The van der Waals surface area contributed by atoms with Crippen LogP contribution < -0.4 is 5.73 Å². The quantitative estimate of drug-likeness (QED) is 0.449. The number of hydrogen-bond donors (Lipinski definition) is 4. The molecule has 8 nitrogen and oxygen atoms in total. The van der Waals surface area contributed by atoms with Crippen LogP contribution in [0, 0.1) is 0 Å². The van der Waals surface area contributed by atoms with Gasteiger partial charge in [0.25, 0.3) is 0 Å². The van der Waals surface area contributed by atoms with Crippen molar-refractivity contribution in [1.82, 2.24) is 0 Å². The number of aliphatic carboxylic acids is 3. The molecule has 0 aliphatic rings. The smallest absolute Gasteiger partial charge is 0.327 e. The third kappa shape index (κ3) is 294. The standard InChI is InChI=1S/C3H5NO.3C3H4O2.2C2H4/c4*1-2-3(4)5;2*1-2/h2H,1H2,(H2,4,5);3*2H,1H2,(H,4,5);2*1-2H2. The first-order valence-corrected chi connectivity index (χ1v) is 5.56. The number of carboxylic acids is 3. The summed E-state index contributed by atoms with van der Waals surface area (Å²) in [6.45, 7) is 24.0. The van der Waals surface area contributed by atoms with Gasteiger partial charge in [0, 0.05) is 18.2 Å². The molecule has 0 saturated carbocycles. The molecule has 5 N–H and O–H groups in total. The number of carboxylic acid groups (broad SMARTS) is 3. The van der Waals surface area contributed by atoms with Crippen LogP contribution in [0.5, 0.6) is 0 Å².